The number of hydrogen-bond donors (Lipinski definition) is 2. The molecule has 1 fully saturated rings. The van der Waals surface area contributed by atoms with Crippen molar-refractivity contribution in [1.82, 2.24) is 5.32 Å². The van der Waals surface area contributed by atoms with Crippen molar-refractivity contribution >= 4 is 17.5 Å². The summed E-state index contributed by atoms with van der Waals surface area (Å²) >= 11 is 0. The van der Waals surface area contributed by atoms with Gasteiger partial charge in [0.25, 0.3) is 0 Å². The molecule has 1 aromatic rings. The lowest BCUT2D eigenvalue weighted by Crippen LogP contribution is -2.29. The Kier molecular flexibility index (Phi) is 5.41. The van der Waals surface area contributed by atoms with Crippen molar-refractivity contribution in [3.8, 4) is 5.75 Å². The first kappa shape index (κ1) is 16.3. The van der Waals surface area contributed by atoms with E-state index in [0.29, 0.717) is 12.5 Å². The molecule has 0 bridgehead atoms. The highest BCUT2D eigenvalue weighted by molar-refractivity contribution is 5.91. The van der Waals surface area contributed by atoms with Gasteiger partial charge in [0.1, 0.15) is 5.75 Å². The molecular formula is C17H24N2O3. The van der Waals surface area contributed by atoms with Crippen molar-refractivity contribution in [1.29, 1.82) is 0 Å². The molecule has 5 heteroatoms. The molecule has 0 spiro atoms. The van der Waals surface area contributed by atoms with Gasteiger partial charge in [-0.2, -0.15) is 0 Å². The van der Waals surface area contributed by atoms with Gasteiger partial charge in [0.05, 0.1) is 6.10 Å². The monoisotopic (exact) mass is 304 g/mol. The molecule has 2 amide bonds. The maximum Gasteiger partial charge on any atom is 0.226 e. The second-order valence-corrected chi connectivity index (χ2v) is 6.10. The summed E-state index contributed by atoms with van der Waals surface area (Å²) in [5.74, 6) is 1.37. The number of amides is 2. The summed E-state index contributed by atoms with van der Waals surface area (Å²) in [6.45, 7) is 6.37. The van der Waals surface area contributed by atoms with Gasteiger partial charge >= 0.3 is 0 Å². The molecular weight excluding hydrogens is 280 g/mol. The van der Waals surface area contributed by atoms with E-state index in [0.717, 1.165) is 17.9 Å². The first-order valence-corrected chi connectivity index (χ1v) is 7.80. The lowest BCUT2D eigenvalue weighted by molar-refractivity contribution is -0.122. The molecule has 1 aliphatic rings. The van der Waals surface area contributed by atoms with Crippen molar-refractivity contribution in [2.45, 2.75) is 39.7 Å². The van der Waals surface area contributed by atoms with Crippen LogP contribution in [0.2, 0.25) is 0 Å². The molecule has 0 aromatic heterocycles. The Balaban J connectivity index is 1.69. The third-order valence-electron chi connectivity index (χ3n) is 3.61. The summed E-state index contributed by atoms with van der Waals surface area (Å²) in [6, 6.07) is 7.26. The lowest BCUT2D eigenvalue weighted by atomic mass is 10.2. The molecule has 2 atom stereocenters. The highest BCUT2D eigenvalue weighted by Gasteiger charge is 2.38. The number of carbonyl (C=O) groups excluding carboxylic acids is 2. The molecule has 5 nitrogen and oxygen atoms in total. The van der Waals surface area contributed by atoms with E-state index in [2.05, 4.69) is 17.6 Å². The number of nitrogens with one attached hydrogen (secondary N) is 2. The van der Waals surface area contributed by atoms with Crippen LogP contribution in [0.15, 0.2) is 24.3 Å². The molecule has 0 saturated heterocycles. The molecule has 22 heavy (non-hydrogen) atoms. The van der Waals surface area contributed by atoms with E-state index in [1.165, 1.54) is 0 Å². The third kappa shape index (κ3) is 5.06. The Hall–Kier alpha value is -2.04. The fourth-order valence-corrected chi connectivity index (χ4v) is 2.23. The van der Waals surface area contributed by atoms with Crippen LogP contribution >= 0.6 is 0 Å². The predicted molar refractivity (Wildman–Crippen MR) is 85.7 cm³/mol. The summed E-state index contributed by atoms with van der Waals surface area (Å²) < 4.78 is 5.54. The normalized spacial score (nSPS) is 19.6. The van der Waals surface area contributed by atoms with E-state index in [1.54, 1.807) is 12.1 Å². The van der Waals surface area contributed by atoms with E-state index in [-0.39, 0.29) is 30.3 Å². The van der Waals surface area contributed by atoms with Gasteiger partial charge in [0.2, 0.25) is 11.8 Å². The Bertz CT molecular complexity index is 525. The van der Waals surface area contributed by atoms with Crippen molar-refractivity contribution in [3.05, 3.63) is 24.3 Å². The molecule has 1 aromatic carbocycles. The third-order valence-corrected chi connectivity index (χ3v) is 3.61. The largest absolute Gasteiger partial charge is 0.491 e. The molecule has 2 rings (SSSR count). The van der Waals surface area contributed by atoms with Crippen LogP contribution in [0.3, 0.4) is 0 Å². The SMILES string of the molecule is CC(C)Oc1ccc(NC(=O)CCNC(=O)[C@@H]2C[C@H]2C)cc1. The summed E-state index contributed by atoms with van der Waals surface area (Å²) in [5.41, 5.74) is 0.725. The van der Waals surface area contributed by atoms with Crippen molar-refractivity contribution in [2.75, 3.05) is 11.9 Å². The predicted octanol–water partition coefficient (Wildman–Crippen LogP) is 2.57. The highest BCUT2D eigenvalue weighted by atomic mass is 16.5. The Labute approximate surface area is 131 Å². The minimum Gasteiger partial charge on any atom is -0.491 e. The molecule has 120 valence electrons. The van der Waals surface area contributed by atoms with Crippen LogP contribution in [0, 0.1) is 11.8 Å². The zero-order chi connectivity index (χ0) is 16.1. The maximum absolute atomic E-state index is 11.8. The quantitative estimate of drug-likeness (QED) is 0.813. The number of benzene rings is 1. The van der Waals surface area contributed by atoms with E-state index >= 15 is 0 Å². The number of anilines is 1. The lowest BCUT2D eigenvalue weighted by Gasteiger charge is -2.11. The number of carbonyl (C=O) groups is 2. The number of rotatable bonds is 7. The van der Waals surface area contributed by atoms with Gasteiger partial charge in [-0.25, -0.2) is 0 Å². The molecule has 0 aliphatic heterocycles. The Morgan fingerprint density at radius 2 is 1.91 bits per heavy atom. The van der Waals surface area contributed by atoms with Gasteiger partial charge in [0.15, 0.2) is 0 Å². The van der Waals surface area contributed by atoms with Crippen LogP contribution in [0.4, 0.5) is 5.69 Å². The van der Waals surface area contributed by atoms with Crippen molar-refractivity contribution in [3.63, 3.8) is 0 Å². The van der Waals surface area contributed by atoms with Crippen LogP contribution < -0.4 is 15.4 Å². The summed E-state index contributed by atoms with van der Waals surface area (Å²) in [6.07, 6.45) is 1.36. The summed E-state index contributed by atoms with van der Waals surface area (Å²) in [7, 11) is 0. The van der Waals surface area contributed by atoms with E-state index in [4.69, 9.17) is 4.74 Å². The zero-order valence-electron chi connectivity index (χ0n) is 13.4. The van der Waals surface area contributed by atoms with Crippen LogP contribution in [-0.2, 0) is 9.59 Å². The molecule has 1 saturated carbocycles. The second-order valence-electron chi connectivity index (χ2n) is 6.10. The fraction of sp³-hybridized carbons (Fsp3) is 0.529. The molecule has 0 radical (unpaired) electrons. The first-order valence-electron chi connectivity index (χ1n) is 7.80. The molecule has 1 aliphatic carbocycles. The molecule has 2 N–H and O–H groups in total. The smallest absolute Gasteiger partial charge is 0.226 e. The molecule has 0 heterocycles. The van der Waals surface area contributed by atoms with E-state index < -0.39 is 0 Å². The average molecular weight is 304 g/mol. The minimum absolute atomic E-state index is 0.0653. The second kappa shape index (κ2) is 7.29. The first-order chi connectivity index (χ1) is 10.5. The van der Waals surface area contributed by atoms with Crippen LogP contribution in [-0.4, -0.2) is 24.5 Å². The average Bonchev–Trinajstić information content (AvgIpc) is 3.17. The maximum atomic E-state index is 11.8. The van der Waals surface area contributed by atoms with Crippen molar-refractivity contribution < 1.29 is 14.3 Å². The number of hydrogen-bond acceptors (Lipinski definition) is 3. The van der Waals surface area contributed by atoms with Gasteiger partial charge in [-0.1, -0.05) is 6.92 Å². The Morgan fingerprint density at radius 3 is 2.45 bits per heavy atom. The van der Waals surface area contributed by atoms with Crippen LogP contribution in [0.1, 0.15) is 33.6 Å². The summed E-state index contributed by atoms with van der Waals surface area (Å²) in [4.78, 5) is 23.4. The minimum atomic E-state index is -0.110. The standard InChI is InChI=1S/C17H24N2O3/c1-11(2)22-14-6-4-13(5-7-14)19-16(20)8-9-18-17(21)15-10-12(15)3/h4-7,11-12,15H,8-10H2,1-3H3,(H,18,21)(H,19,20)/t12-,15-/m1/s1. The fourth-order valence-electron chi connectivity index (χ4n) is 2.23. The van der Waals surface area contributed by atoms with E-state index in [9.17, 15) is 9.59 Å². The van der Waals surface area contributed by atoms with Crippen LogP contribution in [0.25, 0.3) is 0 Å². The Morgan fingerprint density at radius 1 is 1.27 bits per heavy atom. The number of ether oxygens (including phenoxy) is 1. The van der Waals surface area contributed by atoms with Crippen molar-refractivity contribution in [2.24, 2.45) is 11.8 Å². The highest BCUT2D eigenvalue weighted by Crippen LogP contribution is 2.37. The van der Waals surface area contributed by atoms with Gasteiger partial charge < -0.3 is 15.4 Å². The van der Waals surface area contributed by atoms with Gasteiger partial charge in [0, 0.05) is 24.6 Å². The molecule has 0 unspecified atom stereocenters. The summed E-state index contributed by atoms with van der Waals surface area (Å²) in [5, 5.41) is 5.61. The van der Waals surface area contributed by atoms with Crippen LogP contribution in [0.5, 0.6) is 5.75 Å². The topological polar surface area (TPSA) is 67.4 Å². The van der Waals surface area contributed by atoms with E-state index in [1.807, 2.05) is 26.0 Å². The van der Waals surface area contributed by atoms with Gasteiger partial charge in [-0.3, -0.25) is 9.59 Å². The zero-order valence-corrected chi connectivity index (χ0v) is 13.4. The van der Waals surface area contributed by atoms with Gasteiger partial charge in [-0.05, 0) is 50.5 Å². The van der Waals surface area contributed by atoms with Gasteiger partial charge in [-0.15, -0.1) is 0 Å².